The van der Waals surface area contributed by atoms with E-state index in [-0.39, 0.29) is 12.0 Å². The lowest BCUT2D eigenvalue weighted by Crippen LogP contribution is -2.35. The van der Waals surface area contributed by atoms with Crippen molar-refractivity contribution < 1.29 is 14.3 Å². The lowest BCUT2D eigenvalue weighted by molar-refractivity contribution is -0.116. The summed E-state index contributed by atoms with van der Waals surface area (Å²) in [6, 6.07) is 7.62. The molecule has 0 saturated carbocycles. The first kappa shape index (κ1) is 18.7. The van der Waals surface area contributed by atoms with Crippen LogP contribution in [-0.4, -0.2) is 36.1 Å². The summed E-state index contributed by atoms with van der Waals surface area (Å²) in [6.45, 7) is 5.96. The molecule has 122 valence electrons. The topological polar surface area (TPSA) is 58.6 Å². The molecule has 0 aliphatic rings. The van der Waals surface area contributed by atoms with Crippen LogP contribution >= 0.6 is 22.6 Å². The third-order valence-corrected chi connectivity index (χ3v) is 3.38. The van der Waals surface area contributed by atoms with Gasteiger partial charge in [0.25, 0.3) is 0 Å². The van der Waals surface area contributed by atoms with E-state index in [1.54, 1.807) is 7.05 Å². The minimum atomic E-state index is -0.507. The minimum Gasteiger partial charge on any atom is -0.444 e. The molecule has 0 atom stereocenters. The third kappa shape index (κ3) is 7.63. The van der Waals surface area contributed by atoms with Gasteiger partial charge in [-0.05, 0) is 68.0 Å². The number of amides is 2. The molecule has 6 heteroatoms. The summed E-state index contributed by atoms with van der Waals surface area (Å²) in [5.41, 5.74) is 0.282. The quantitative estimate of drug-likeness (QED) is 0.739. The predicted octanol–water partition coefficient (Wildman–Crippen LogP) is 3.88. The van der Waals surface area contributed by atoms with E-state index < -0.39 is 5.60 Å². The second-order valence-corrected chi connectivity index (χ2v) is 7.31. The largest absolute Gasteiger partial charge is 0.444 e. The van der Waals surface area contributed by atoms with E-state index in [1.807, 2.05) is 45.0 Å². The van der Waals surface area contributed by atoms with E-state index in [0.717, 1.165) is 9.26 Å². The zero-order chi connectivity index (χ0) is 16.8. The highest BCUT2D eigenvalue weighted by Crippen LogP contribution is 2.13. The minimum absolute atomic E-state index is 0.0559. The van der Waals surface area contributed by atoms with Crippen molar-refractivity contribution >= 4 is 40.3 Å². The smallest absolute Gasteiger partial charge is 0.410 e. The molecule has 0 aliphatic heterocycles. The van der Waals surface area contributed by atoms with Crippen LogP contribution in [0.15, 0.2) is 24.3 Å². The summed E-state index contributed by atoms with van der Waals surface area (Å²) in [5, 5.41) is 2.85. The van der Waals surface area contributed by atoms with Gasteiger partial charge >= 0.3 is 6.09 Å². The molecule has 0 heterocycles. The van der Waals surface area contributed by atoms with E-state index in [9.17, 15) is 9.59 Å². The maximum absolute atomic E-state index is 11.9. The van der Waals surface area contributed by atoms with E-state index in [4.69, 9.17) is 4.74 Å². The highest BCUT2D eigenvalue weighted by molar-refractivity contribution is 14.1. The Hall–Kier alpha value is -1.31. The molecule has 1 rings (SSSR count). The molecule has 0 unspecified atom stereocenters. The molecule has 1 N–H and O–H groups in total. The van der Waals surface area contributed by atoms with Crippen LogP contribution in [0, 0.1) is 3.57 Å². The van der Waals surface area contributed by atoms with Crippen molar-refractivity contribution in [3.63, 3.8) is 0 Å². The number of benzene rings is 1. The molecule has 5 nitrogen and oxygen atoms in total. The van der Waals surface area contributed by atoms with Gasteiger partial charge < -0.3 is 15.0 Å². The second kappa shape index (κ2) is 8.36. The van der Waals surface area contributed by atoms with Crippen molar-refractivity contribution in [3.8, 4) is 0 Å². The van der Waals surface area contributed by atoms with Gasteiger partial charge in [0.05, 0.1) is 0 Å². The Balaban J connectivity index is 2.31. The van der Waals surface area contributed by atoms with E-state index in [1.165, 1.54) is 4.90 Å². The Bertz CT molecular complexity index is 526. The van der Waals surface area contributed by atoms with Crippen LogP contribution < -0.4 is 5.32 Å². The van der Waals surface area contributed by atoms with Gasteiger partial charge in [-0.3, -0.25) is 4.79 Å². The SMILES string of the molecule is CN(CCCC(=O)Nc1cccc(I)c1)C(=O)OC(C)(C)C. The van der Waals surface area contributed by atoms with Crippen LogP contribution in [0.5, 0.6) is 0 Å². The Labute approximate surface area is 145 Å². The first-order valence-electron chi connectivity index (χ1n) is 7.17. The Morgan fingerprint density at radius 3 is 2.59 bits per heavy atom. The number of hydrogen-bond donors (Lipinski definition) is 1. The second-order valence-electron chi connectivity index (χ2n) is 6.06. The number of carbonyl (C=O) groups is 2. The van der Waals surface area contributed by atoms with Crippen LogP contribution in [0.25, 0.3) is 0 Å². The molecular weight excluding hydrogens is 395 g/mol. The van der Waals surface area contributed by atoms with Crippen molar-refractivity contribution in [3.05, 3.63) is 27.8 Å². The predicted molar refractivity (Wildman–Crippen MR) is 95.9 cm³/mol. The molecule has 1 aromatic carbocycles. The summed E-state index contributed by atoms with van der Waals surface area (Å²) in [4.78, 5) is 25.1. The average molecular weight is 418 g/mol. The van der Waals surface area contributed by atoms with Crippen molar-refractivity contribution in [2.45, 2.75) is 39.2 Å². The monoisotopic (exact) mass is 418 g/mol. The van der Waals surface area contributed by atoms with Gasteiger partial charge in [0, 0.05) is 29.3 Å². The van der Waals surface area contributed by atoms with Gasteiger partial charge in [-0.1, -0.05) is 6.07 Å². The molecule has 1 aromatic rings. The molecule has 0 saturated heterocycles. The van der Waals surface area contributed by atoms with E-state index in [2.05, 4.69) is 27.9 Å². The Kier molecular flexibility index (Phi) is 7.12. The number of anilines is 1. The number of nitrogens with zero attached hydrogens (tertiary/aromatic N) is 1. The van der Waals surface area contributed by atoms with Crippen LogP contribution in [0.4, 0.5) is 10.5 Å². The van der Waals surface area contributed by atoms with Gasteiger partial charge in [0.2, 0.25) is 5.91 Å². The summed E-state index contributed by atoms with van der Waals surface area (Å²) >= 11 is 2.20. The Morgan fingerprint density at radius 1 is 1.32 bits per heavy atom. The maximum atomic E-state index is 11.9. The number of hydrogen-bond acceptors (Lipinski definition) is 3. The molecule has 0 radical (unpaired) electrons. The highest BCUT2D eigenvalue weighted by atomic mass is 127. The molecule has 0 spiro atoms. The first-order valence-corrected chi connectivity index (χ1v) is 8.25. The number of nitrogens with one attached hydrogen (secondary N) is 1. The van der Waals surface area contributed by atoms with Crippen LogP contribution in [0.1, 0.15) is 33.6 Å². The van der Waals surface area contributed by atoms with Crippen LogP contribution in [0.2, 0.25) is 0 Å². The normalized spacial score (nSPS) is 11.0. The van der Waals surface area contributed by atoms with Gasteiger partial charge in [-0.15, -0.1) is 0 Å². The van der Waals surface area contributed by atoms with E-state index >= 15 is 0 Å². The van der Waals surface area contributed by atoms with Crippen molar-refractivity contribution in [2.75, 3.05) is 18.9 Å². The highest BCUT2D eigenvalue weighted by Gasteiger charge is 2.19. The molecule has 22 heavy (non-hydrogen) atoms. The number of ether oxygens (including phenoxy) is 1. The van der Waals surface area contributed by atoms with E-state index in [0.29, 0.717) is 19.4 Å². The van der Waals surface area contributed by atoms with Crippen molar-refractivity contribution in [1.29, 1.82) is 0 Å². The molecular formula is C16H23IN2O3. The fourth-order valence-electron chi connectivity index (χ4n) is 1.70. The third-order valence-electron chi connectivity index (χ3n) is 2.71. The summed E-state index contributed by atoms with van der Waals surface area (Å²) in [7, 11) is 1.67. The van der Waals surface area contributed by atoms with Gasteiger partial charge in [-0.25, -0.2) is 4.79 Å². The zero-order valence-corrected chi connectivity index (χ0v) is 15.6. The Morgan fingerprint density at radius 2 is 2.00 bits per heavy atom. The van der Waals surface area contributed by atoms with Gasteiger partial charge in [0.15, 0.2) is 0 Å². The van der Waals surface area contributed by atoms with Gasteiger partial charge in [-0.2, -0.15) is 0 Å². The fraction of sp³-hybridized carbons (Fsp3) is 0.500. The molecule has 0 bridgehead atoms. The standard InChI is InChI=1S/C16H23IN2O3/c1-16(2,3)22-15(21)19(4)10-6-9-14(20)18-13-8-5-7-12(17)11-13/h5,7-8,11H,6,9-10H2,1-4H3,(H,18,20). The fourth-order valence-corrected chi connectivity index (χ4v) is 2.24. The van der Waals surface area contributed by atoms with Crippen LogP contribution in [-0.2, 0) is 9.53 Å². The molecule has 0 aliphatic carbocycles. The lowest BCUT2D eigenvalue weighted by atomic mass is 10.2. The van der Waals surface area contributed by atoms with Crippen molar-refractivity contribution in [1.82, 2.24) is 4.90 Å². The molecule has 2 amide bonds. The lowest BCUT2D eigenvalue weighted by Gasteiger charge is -2.24. The number of halogens is 1. The molecule has 0 fully saturated rings. The number of carbonyl (C=O) groups excluding carboxylic acids is 2. The zero-order valence-electron chi connectivity index (χ0n) is 13.5. The summed E-state index contributed by atoms with van der Waals surface area (Å²) in [5.74, 6) is -0.0559. The summed E-state index contributed by atoms with van der Waals surface area (Å²) < 4.78 is 6.32. The van der Waals surface area contributed by atoms with Crippen molar-refractivity contribution in [2.24, 2.45) is 0 Å². The van der Waals surface area contributed by atoms with Gasteiger partial charge in [0.1, 0.15) is 5.60 Å². The summed E-state index contributed by atoms with van der Waals surface area (Å²) in [6.07, 6.45) is 0.579. The maximum Gasteiger partial charge on any atom is 0.410 e. The first-order chi connectivity index (χ1) is 10.2. The average Bonchev–Trinajstić information content (AvgIpc) is 2.36. The van der Waals surface area contributed by atoms with Crippen LogP contribution in [0.3, 0.4) is 0 Å². The number of rotatable bonds is 5. The molecule has 0 aromatic heterocycles.